The second-order valence-corrected chi connectivity index (χ2v) is 4.94. The second kappa shape index (κ2) is 7.24. The van der Waals surface area contributed by atoms with Gasteiger partial charge in [-0.1, -0.05) is 25.5 Å². The van der Waals surface area contributed by atoms with Crippen LogP contribution in [0.4, 0.5) is 5.82 Å². The Morgan fingerprint density at radius 3 is 2.89 bits per heavy atom. The number of aryl methyl sites for hydroxylation is 1. The van der Waals surface area contributed by atoms with Crippen LogP contribution in [0.5, 0.6) is 0 Å². The molecule has 0 aliphatic carbocycles. The lowest BCUT2D eigenvalue weighted by Crippen LogP contribution is -2.16. The van der Waals surface area contributed by atoms with E-state index in [1.807, 2.05) is 6.92 Å². The number of nitrogens with one attached hydrogen (secondary N) is 2. The van der Waals surface area contributed by atoms with Crippen LogP contribution < -0.4 is 10.6 Å². The zero-order valence-electron chi connectivity index (χ0n) is 12.0. The Morgan fingerprint density at radius 2 is 2.05 bits per heavy atom. The summed E-state index contributed by atoms with van der Waals surface area (Å²) < 4.78 is 0. The van der Waals surface area contributed by atoms with E-state index in [0.717, 1.165) is 50.5 Å². The highest BCUT2D eigenvalue weighted by Gasteiger charge is 2.14. The van der Waals surface area contributed by atoms with Crippen molar-refractivity contribution in [2.45, 2.75) is 39.5 Å². The van der Waals surface area contributed by atoms with Crippen molar-refractivity contribution in [2.75, 3.05) is 25.0 Å². The first-order valence-electron chi connectivity index (χ1n) is 7.27. The predicted octanol–water partition coefficient (Wildman–Crippen LogP) is 2.24. The average molecular weight is 260 g/mol. The van der Waals surface area contributed by atoms with E-state index in [4.69, 9.17) is 0 Å². The maximum absolute atomic E-state index is 4.58. The van der Waals surface area contributed by atoms with Crippen molar-refractivity contribution >= 4 is 5.82 Å². The van der Waals surface area contributed by atoms with Gasteiger partial charge in [0.05, 0.1) is 5.69 Å². The zero-order valence-corrected chi connectivity index (χ0v) is 12.0. The number of aromatic nitrogens is 2. The number of nitrogens with zero attached hydrogens (tertiary/aromatic N) is 2. The van der Waals surface area contributed by atoms with Gasteiger partial charge < -0.3 is 10.6 Å². The highest BCUT2D eigenvalue weighted by molar-refractivity contribution is 5.48. The van der Waals surface area contributed by atoms with Gasteiger partial charge in [0, 0.05) is 25.1 Å². The highest BCUT2D eigenvalue weighted by Crippen LogP contribution is 2.19. The lowest BCUT2D eigenvalue weighted by atomic mass is 10.1. The molecule has 0 saturated carbocycles. The molecule has 0 amide bonds. The van der Waals surface area contributed by atoms with Crippen LogP contribution >= 0.6 is 0 Å². The van der Waals surface area contributed by atoms with Gasteiger partial charge in [0.2, 0.25) is 0 Å². The Morgan fingerprint density at radius 1 is 1.21 bits per heavy atom. The molecular weight excluding hydrogens is 236 g/mol. The van der Waals surface area contributed by atoms with Gasteiger partial charge in [-0.05, 0) is 26.3 Å². The summed E-state index contributed by atoms with van der Waals surface area (Å²) in [7, 11) is 0. The summed E-state index contributed by atoms with van der Waals surface area (Å²) in [4.78, 5) is 9.14. The van der Waals surface area contributed by atoms with Crippen molar-refractivity contribution in [1.82, 2.24) is 15.3 Å². The summed E-state index contributed by atoms with van der Waals surface area (Å²) in [5.41, 5.74) is 2.50. The van der Waals surface area contributed by atoms with Gasteiger partial charge in [-0.25, -0.2) is 9.97 Å². The molecule has 0 bridgehead atoms. The van der Waals surface area contributed by atoms with E-state index in [2.05, 4.69) is 39.7 Å². The third-order valence-electron chi connectivity index (χ3n) is 3.30. The maximum atomic E-state index is 4.58. The molecule has 0 unspecified atom stereocenters. The predicted molar refractivity (Wildman–Crippen MR) is 79.6 cm³/mol. The molecule has 0 saturated heterocycles. The van der Waals surface area contributed by atoms with E-state index in [1.54, 1.807) is 0 Å². The van der Waals surface area contributed by atoms with Crippen LogP contribution in [0.3, 0.4) is 0 Å². The summed E-state index contributed by atoms with van der Waals surface area (Å²) in [5, 5.41) is 6.85. The molecule has 1 aliphatic heterocycles. The molecule has 2 rings (SSSR count). The molecule has 1 aliphatic rings. The summed E-state index contributed by atoms with van der Waals surface area (Å²) >= 11 is 0. The Hall–Kier alpha value is -1.42. The van der Waals surface area contributed by atoms with Gasteiger partial charge in [0.15, 0.2) is 0 Å². The molecule has 2 heterocycles. The van der Waals surface area contributed by atoms with Gasteiger partial charge in [-0.2, -0.15) is 0 Å². The fourth-order valence-electron chi connectivity index (χ4n) is 2.34. The van der Waals surface area contributed by atoms with Crippen LogP contribution in [0.25, 0.3) is 0 Å². The Balaban J connectivity index is 2.08. The minimum atomic E-state index is 0.844. The fraction of sp³-hybridized carbons (Fsp3) is 0.600. The van der Waals surface area contributed by atoms with Crippen molar-refractivity contribution in [3.05, 3.63) is 29.2 Å². The molecule has 0 aromatic carbocycles. The Bertz CT molecular complexity index is 440. The summed E-state index contributed by atoms with van der Waals surface area (Å²) in [6.07, 6.45) is 8.76. The highest BCUT2D eigenvalue weighted by atomic mass is 15.0. The van der Waals surface area contributed by atoms with Gasteiger partial charge in [-0.15, -0.1) is 0 Å². The number of anilines is 1. The van der Waals surface area contributed by atoms with Gasteiger partial charge >= 0.3 is 0 Å². The van der Waals surface area contributed by atoms with E-state index in [0.29, 0.717) is 0 Å². The van der Waals surface area contributed by atoms with Crippen LogP contribution in [0.15, 0.2) is 12.2 Å². The molecule has 1 aromatic heterocycles. The number of hydrogen-bond acceptors (Lipinski definition) is 4. The van der Waals surface area contributed by atoms with Crippen molar-refractivity contribution in [1.29, 1.82) is 0 Å². The molecule has 0 fully saturated rings. The number of fused-ring (bicyclic) bond motifs is 1. The van der Waals surface area contributed by atoms with E-state index < -0.39 is 0 Å². The van der Waals surface area contributed by atoms with Gasteiger partial charge in [0.25, 0.3) is 0 Å². The van der Waals surface area contributed by atoms with Crippen LogP contribution in [0, 0.1) is 6.92 Å². The molecule has 4 nitrogen and oxygen atoms in total. The van der Waals surface area contributed by atoms with Gasteiger partial charge in [-0.3, -0.25) is 0 Å². The molecule has 0 radical (unpaired) electrons. The number of unbranched alkanes of at least 4 members (excludes halogenated alkanes) is 1. The van der Waals surface area contributed by atoms with Gasteiger partial charge in [0.1, 0.15) is 11.6 Å². The van der Waals surface area contributed by atoms with E-state index in [1.165, 1.54) is 17.7 Å². The van der Waals surface area contributed by atoms with Crippen LogP contribution in [-0.4, -0.2) is 29.6 Å². The first-order chi connectivity index (χ1) is 9.31. The lowest BCUT2D eigenvalue weighted by molar-refractivity contribution is 0.708. The van der Waals surface area contributed by atoms with E-state index in [-0.39, 0.29) is 0 Å². The molecule has 4 heteroatoms. The quantitative estimate of drug-likeness (QED) is 0.797. The number of allylic oxidation sites excluding steroid dienone is 1. The Labute approximate surface area is 115 Å². The molecule has 104 valence electrons. The normalized spacial score (nSPS) is 15.3. The van der Waals surface area contributed by atoms with Crippen molar-refractivity contribution in [3.63, 3.8) is 0 Å². The molecule has 1 aromatic rings. The monoisotopic (exact) mass is 260 g/mol. The first kappa shape index (κ1) is 14.0. The maximum Gasteiger partial charge on any atom is 0.133 e. The summed E-state index contributed by atoms with van der Waals surface area (Å²) in [6.45, 7) is 7.03. The van der Waals surface area contributed by atoms with Crippen molar-refractivity contribution in [2.24, 2.45) is 0 Å². The van der Waals surface area contributed by atoms with E-state index in [9.17, 15) is 0 Å². The van der Waals surface area contributed by atoms with Crippen molar-refractivity contribution < 1.29 is 0 Å². The molecule has 2 N–H and O–H groups in total. The standard InChI is InChI=1S/C15H24N4/c1-3-4-5-6-9-17-15-13-7-10-16-11-8-14(13)18-12(2)19-15/h5-6,16H,3-4,7-11H2,1-2H3,(H,17,18,19)/b6-5+. The van der Waals surface area contributed by atoms with Crippen LogP contribution in [0.1, 0.15) is 36.8 Å². The number of rotatable bonds is 5. The van der Waals surface area contributed by atoms with Crippen LogP contribution in [-0.2, 0) is 12.8 Å². The average Bonchev–Trinajstić information content (AvgIpc) is 2.63. The van der Waals surface area contributed by atoms with Crippen molar-refractivity contribution in [3.8, 4) is 0 Å². The SMILES string of the molecule is CCC/C=C/CNc1nc(C)nc2c1CCNCC2. The smallest absolute Gasteiger partial charge is 0.133 e. The minimum Gasteiger partial charge on any atom is -0.366 e. The van der Waals surface area contributed by atoms with Crippen LogP contribution in [0.2, 0.25) is 0 Å². The zero-order chi connectivity index (χ0) is 13.5. The summed E-state index contributed by atoms with van der Waals surface area (Å²) in [6, 6.07) is 0. The Kier molecular flexibility index (Phi) is 5.33. The molecule has 0 spiro atoms. The second-order valence-electron chi connectivity index (χ2n) is 4.94. The third-order valence-corrected chi connectivity index (χ3v) is 3.30. The molecule has 0 atom stereocenters. The lowest BCUT2D eigenvalue weighted by Gasteiger charge is -2.12. The minimum absolute atomic E-state index is 0.844. The topological polar surface area (TPSA) is 49.8 Å². The van der Waals surface area contributed by atoms with E-state index >= 15 is 0 Å². The first-order valence-corrected chi connectivity index (χ1v) is 7.27. The summed E-state index contributed by atoms with van der Waals surface area (Å²) in [5.74, 6) is 1.88. The fourth-order valence-corrected chi connectivity index (χ4v) is 2.34. The largest absolute Gasteiger partial charge is 0.366 e. The number of hydrogen-bond donors (Lipinski definition) is 2. The molecular formula is C15H24N4. The molecule has 19 heavy (non-hydrogen) atoms. The third kappa shape index (κ3) is 4.03.